The van der Waals surface area contributed by atoms with E-state index in [0.717, 1.165) is 0 Å². The van der Waals surface area contributed by atoms with Gasteiger partial charge in [0.25, 0.3) is 0 Å². The third-order valence-corrected chi connectivity index (χ3v) is 1.11. The average Bonchev–Trinajstić information content (AvgIpc) is 1.85. The van der Waals surface area contributed by atoms with Gasteiger partial charge in [-0.1, -0.05) is 0 Å². The summed E-state index contributed by atoms with van der Waals surface area (Å²) in [5.41, 5.74) is 4.74. The highest BCUT2D eigenvalue weighted by Crippen LogP contribution is 1.96. The third-order valence-electron chi connectivity index (χ3n) is 1.11. The van der Waals surface area contributed by atoms with E-state index in [2.05, 4.69) is 0 Å². The van der Waals surface area contributed by atoms with Crippen molar-refractivity contribution in [3.63, 3.8) is 0 Å². The number of nitrogens with two attached hydrogens (primary N) is 1. The first-order valence-corrected chi connectivity index (χ1v) is 2.72. The highest BCUT2D eigenvalue weighted by molar-refractivity contribution is 5.83. The summed E-state index contributed by atoms with van der Waals surface area (Å²) in [6, 6.07) is -4.33. The van der Waals surface area contributed by atoms with Crippen LogP contribution in [0.15, 0.2) is 0 Å². The second-order valence-electron chi connectivity index (χ2n) is 1.93. The average molecular weight is 178 g/mol. The van der Waals surface area contributed by atoms with Crippen molar-refractivity contribution in [2.24, 2.45) is 5.73 Å². The van der Waals surface area contributed by atoms with E-state index in [0.29, 0.717) is 0 Å². The standard InChI is InChI=1S/C4H6N2O6/c5-1(3(7)8)2(4(9)10)6(11)12/h1-2H,5H2,(H,7,8)(H,9,10)/t1-,2?/m0/s1. The summed E-state index contributed by atoms with van der Waals surface area (Å²) in [6.07, 6.45) is 0. The summed E-state index contributed by atoms with van der Waals surface area (Å²) in [5, 5.41) is 26.3. The maximum absolute atomic E-state index is 10.1. The molecule has 0 saturated carbocycles. The molecule has 0 fully saturated rings. The molecule has 0 aromatic heterocycles. The minimum Gasteiger partial charge on any atom is -0.480 e. The van der Waals surface area contributed by atoms with Gasteiger partial charge in [-0.25, -0.2) is 4.79 Å². The zero-order chi connectivity index (χ0) is 9.89. The van der Waals surface area contributed by atoms with Gasteiger partial charge in [0.05, 0.1) is 0 Å². The van der Waals surface area contributed by atoms with Crippen molar-refractivity contribution in [2.75, 3.05) is 0 Å². The first-order valence-electron chi connectivity index (χ1n) is 2.72. The predicted molar refractivity (Wildman–Crippen MR) is 34.0 cm³/mol. The van der Waals surface area contributed by atoms with E-state index in [-0.39, 0.29) is 0 Å². The van der Waals surface area contributed by atoms with Gasteiger partial charge < -0.3 is 15.9 Å². The lowest BCUT2D eigenvalue weighted by atomic mass is 10.1. The van der Waals surface area contributed by atoms with Gasteiger partial charge in [0, 0.05) is 4.92 Å². The van der Waals surface area contributed by atoms with Gasteiger partial charge in [-0.15, -0.1) is 0 Å². The van der Waals surface area contributed by atoms with E-state index in [1.54, 1.807) is 0 Å². The van der Waals surface area contributed by atoms with Crippen molar-refractivity contribution < 1.29 is 24.7 Å². The molecule has 2 atom stereocenters. The molecule has 0 spiro atoms. The molecule has 0 radical (unpaired) electrons. The second kappa shape index (κ2) is 3.62. The summed E-state index contributed by atoms with van der Waals surface area (Å²) in [5.74, 6) is -3.59. The van der Waals surface area contributed by atoms with Gasteiger partial charge in [0.1, 0.15) is 0 Å². The molecule has 0 saturated heterocycles. The van der Waals surface area contributed by atoms with E-state index in [1.165, 1.54) is 0 Å². The minimum absolute atomic E-state index is 1.25. The summed E-state index contributed by atoms with van der Waals surface area (Å²) < 4.78 is 0. The van der Waals surface area contributed by atoms with Crippen LogP contribution in [-0.4, -0.2) is 39.2 Å². The highest BCUT2D eigenvalue weighted by atomic mass is 16.6. The Morgan fingerprint density at radius 2 is 1.75 bits per heavy atom. The molecule has 8 nitrogen and oxygen atoms in total. The number of hydrogen-bond acceptors (Lipinski definition) is 5. The Hall–Kier alpha value is -1.70. The van der Waals surface area contributed by atoms with Gasteiger partial charge in [-0.05, 0) is 0 Å². The van der Waals surface area contributed by atoms with Crippen molar-refractivity contribution in [3.8, 4) is 0 Å². The molecular formula is C4H6N2O6. The molecule has 0 aliphatic heterocycles. The van der Waals surface area contributed by atoms with Crippen LogP contribution in [0.4, 0.5) is 0 Å². The molecule has 1 unspecified atom stereocenters. The number of carboxylic acids is 2. The van der Waals surface area contributed by atoms with Crippen LogP contribution in [0.3, 0.4) is 0 Å². The van der Waals surface area contributed by atoms with Gasteiger partial charge in [-0.3, -0.25) is 14.9 Å². The lowest BCUT2D eigenvalue weighted by Gasteiger charge is -2.07. The summed E-state index contributed by atoms with van der Waals surface area (Å²) in [7, 11) is 0. The van der Waals surface area contributed by atoms with Crippen molar-refractivity contribution in [1.82, 2.24) is 0 Å². The number of aliphatic carboxylic acids is 2. The van der Waals surface area contributed by atoms with Gasteiger partial charge >= 0.3 is 18.0 Å². The Bertz CT molecular complexity index is 212. The number of nitrogens with zero attached hydrogens (tertiary/aromatic N) is 1. The van der Waals surface area contributed by atoms with Crippen LogP contribution in [-0.2, 0) is 9.59 Å². The van der Waals surface area contributed by atoms with Crippen LogP contribution in [0.1, 0.15) is 0 Å². The Balaban J connectivity index is 4.63. The zero-order valence-electron chi connectivity index (χ0n) is 5.71. The first-order chi connectivity index (χ1) is 5.37. The predicted octanol–water partition coefficient (Wildman–Crippen LogP) is -1.87. The molecule has 0 heterocycles. The smallest absolute Gasteiger partial charge is 0.381 e. The van der Waals surface area contributed by atoms with E-state index in [4.69, 9.17) is 15.9 Å². The molecule has 0 aliphatic carbocycles. The van der Waals surface area contributed by atoms with Crippen LogP contribution in [0, 0.1) is 10.1 Å². The van der Waals surface area contributed by atoms with Crippen molar-refractivity contribution in [3.05, 3.63) is 10.1 Å². The van der Waals surface area contributed by atoms with Crippen molar-refractivity contribution in [1.29, 1.82) is 0 Å². The number of carboxylic acid groups (broad SMARTS) is 2. The van der Waals surface area contributed by atoms with Crippen LogP contribution >= 0.6 is 0 Å². The number of hydrogen-bond donors (Lipinski definition) is 3. The molecule has 12 heavy (non-hydrogen) atoms. The maximum atomic E-state index is 10.1. The maximum Gasteiger partial charge on any atom is 0.381 e. The Labute approximate surface area is 65.7 Å². The van der Waals surface area contributed by atoms with E-state index < -0.39 is 28.9 Å². The largest absolute Gasteiger partial charge is 0.480 e. The zero-order valence-corrected chi connectivity index (χ0v) is 5.71. The van der Waals surface area contributed by atoms with Crippen LogP contribution in [0.25, 0.3) is 0 Å². The summed E-state index contributed by atoms with van der Waals surface area (Å²) >= 11 is 0. The molecule has 0 aromatic carbocycles. The Morgan fingerprint density at radius 3 is 1.83 bits per heavy atom. The molecule has 0 amide bonds. The lowest BCUT2D eigenvalue weighted by Crippen LogP contribution is -2.50. The molecule has 0 aliphatic rings. The molecule has 4 N–H and O–H groups in total. The first kappa shape index (κ1) is 10.3. The minimum atomic E-state index is -2.30. The fourth-order valence-electron chi connectivity index (χ4n) is 0.510. The quantitative estimate of drug-likeness (QED) is 0.337. The van der Waals surface area contributed by atoms with Crippen molar-refractivity contribution in [2.45, 2.75) is 12.1 Å². The lowest BCUT2D eigenvalue weighted by molar-refractivity contribution is -0.511. The van der Waals surface area contributed by atoms with Gasteiger partial charge in [-0.2, -0.15) is 0 Å². The van der Waals surface area contributed by atoms with Crippen molar-refractivity contribution >= 4 is 11.9 Å². The number of nitro groups is 1. The molecule has 0 rings (SSSR count). The van der Waals surface area contributed by atoms with E-state index >= 15 is 0 Å². The van der Waals surface area contributed by atoms with Crippen LogP contribution in [0.5, 0.6) is 0 Å². The van der Waals surface area contributed by atoms with E-state index in [9.17, 15) is 19.7 Å². The van der Waals surface area contributed by atoms with Gasteiger partial charge in [0.15, 0.2) is 6.04 Å². The van der Waals surface area contributed by atoms with Gasteiger partial charge in [0.2, 0.25) is 0 Å². The second-order valence-corrected chi connectivity index (χ2v) is 1.93. The monoisotopic (exact) mass is 178 g/mol. The molecule has 0 bridgehead atoms. The van der Waals surface area contributed by atoms with E-state index in [1.807, 2.05) is 0 Å². The highest BCUT2D eigenvalue weighted by Gasteiger charge is 2.40. The fraction of sp³-hybridized carbons (Fsp3) is 0.500. The molecule has 0 aromatic rings. The fourth-order valence-corrected chi connectivity index (χ4v) is 0.510. The topological polar surface area (TPSA) is 144 Å². The normalized spacial score (nSPS) is 14.8. The molecular weight excluding hydrogens is 172 g/mol. The summed E-state index contributed by atoms with van der Waals surface area (Å²) in [6.45, 7) is 0. The summed E-state index contributed by atoms with van der Waals surface area (Å²) in [4.78, 5) is 28.9. The Kier molecular flexibility index (Phi) is 3.11. The molecule has 8 heteroatoms. The SMILES string of the molecule is N[C@H](C(=O)O)C(C(=O)O)[N+](=O)[O-]. The van der Waals surface area contributed by atoms with Crippen LogP contribution in [0.2, 0.25) is 0 Å². The number of rotatable bonds is 4. The number of carbonyl (C=O) groups is 2. The molecule has 68 valence electrons. The van der Waals surface area contributed by atoms with Crippen LogP contribution < -0.4 is 5.73 Å². The Morgan fingerprint density at radius 1 is 1.33 bits per heavy atom. The third kappa shape index (κ3) is 2.16.